The third-order valence-electron chi connectivity index (χ3n) is 2.30. The van der Waals surface area contributed by atoms with E-state index in [9.17, 15) is 4.79 Å². The fourth-order valence-corrected chi connectivity index (χ4v) is 1.99. The van der Waals surface area contributed by atoms with E-state index in [2.05, 4.69) is 5.32 Å². The Hall–Kier alpha value is -0.770. The minimum absolute atomic E-state index is 0.00686. The molecule has 0 bridgehead atoms. The topological polar surface area (TPSA) is 49.3 Å². The maximum atomic E-state index is 11.8. The number of amides is 1. The van der Waals surface area contributed by atoms with Gasteiger partial charge in [-0.1, -0.05) is 23.2 Å². The molecule has 0 aliphatic carbocycles. The van der Waals surface area contributed by atoms with Crippen LogP contribution in [0.2, 0.25) is 10.0 Å². The van der Waals surface area contributed by atoms with Gasteiger partial charge in [-0.3, -0.25) is 4.79 Å². The lowest BCUT2D eigenvalue weighted by Crippen LogP contribution is -2.32. The Morgan fingerprint density at radius 1 is 1.35 bits per heavy atom. The van der Waals surface area contributed by atoms with Crippen molar-refractivity contribution in [3.05, 3.63) is 33.8 Å². The molecule has 0 radical (unpaired) electrons. The zero-order valence-corrected chi connectivity index (χ0v) is 11.1. The van der Waals surface area contributed by atoms with E-state index >= 15 is 0 Å². The molecule has 1 aromatic carbocycles. The second-order valence-corrected chi connectivity index (χ2v) is 4.77. The smallest absolute Gasteiger partial charge is 0.251 e. The molecule has 0 saturated carbocycles. The van der Waals surface area contributed by atoms with E-state index in [1.165, 1.54) is 0 Å². The molecular formula is C12H15Cl2NO2. The van der Waals surface area contributed by atoms with Crippen molar-refractivity contribution < 1.29 is 9.90 Å². The molecule has 0 aliphatic heterocycles. The molecule has 0 saturated heterocycles. The average molecular weight is 276 g/mol. The highest BCUT2D eigenvalue weighted by molar-refractivity contribution is 6.35. The predicted octanol–water partition coefficient (Wildman–Crippen LogP) is 2.88. The summed E-state index contributed by atoms with van der Waals surface area (Å²) in [4.78, 5) is 11.8. The fourth-order valence-electron chi connectivity index (χ4n) is 1.46. The van der Waals surface area contributed by atoms with Gasteiger partial charge in [0.15, 0.2) is 0 Å². The number of halogens is 2. The molecule has 1 atom stereocenters. The number of rotatable bonds is 5. The van der Waals surface area contributed by atoms with Gasteiger partial charge in [-0.25, -0.2) is 0 Å². The Morgan fingerprint density at radius 3 is 2.47 bits per heavy atom. The second kappa shape index (κ2) is 6.84. The van der Waals surface area contributed by atoms with Crippen molar-refractivity contribution in [3.63, 3.8) is 0 Å². The number of carbonyl (C=O) groups excluding carboxylic acids is 1. The molecule has 0 spiro atoms. The highest BCUT2D eigenvalue weighted by atomic mass is 35.5. The first-order chi connectivity index (χ1) is 8.02. The van der Waals surface area contributed by atoms with Crippen molar-refractivity contribution in [1.82, 2.24) is 5.32 Å². The molecular weight excluding hydrogens is 261 g/mol. The summed E-state index contributed by atoms with van der Waals surface area (Å²) in [6.07, 6.45) is 1.40. The minimum atomic E-state index is -0.208. The van der Waals surface area contributed by atoms with Gasteiger partial charge in [0.2, 0.25) is 0 Å². The van der Waals surface area contributed by atoms with Crippen LogP contribution < -0.4 is 5.32 Å². The lowest BCUT2D eigenvalue weighted by molar-refractivity contribution is 0.0936. The Bertz CT molecular complexity index is 376. The number of hydrogen-bond donors (Lipinski definition) is 2. The summed E-state index contributed by atoms with van der Waals surface area (Å²) in [5.41, 5.74) is 0.443. The van der Waals surface area contributed by atoms with Crippen molar-refractivity contribution in [1.29, 1.82) is 0 Å². The summed E-state index contributed by atoms with van der Waals surface area (Å²) < 4.78 is 0. The van der Waals surface area contributed by atoms with Gasteiger partial charge in [0.1, 0.15) is 0 Å². The molecule has 1 amide bonds. The summed E-state index contributed by atoms with van der Waals surface area (Å²) in [5.74, 6) is -0.208. The zero-order valence-electron chi connectivity index (χ0n) is 9.54. The molecule has 3 nitrogen and oxygen atoms in total. The van der Waals surface area contributed by atoms with Crippen LogP contribution in [0.4, 0.5) is 0 Å². The number of carbonyl (C=O) groups is 1. The summed E-state index contributed by atoms with van der Waals surface area (Å²) >= 11 is 11.6. The maximum Gasteiger partial charge on any atom is 0.251 e. The molecule has 1 rings (SSSR count). The Kier molecular flexibility index (Phi) is 5.75. The molecule has 94 valence electrons. The highest BCUT2D eigenvalue weighted by Crippen LogP contribution is 2.19. The van der Waals surface area contributed by atoms with Crippen LogP contribution in [0.3, 0.4) is 0 Å². The monoisotopic (exact) mass is 275 g/mol. The van der Waals surface area contributed by atoms with Gasteiger partial charge in [-0.05, 0) is 38.0 Å². The van der Waals surface area contributed by atoms with E-state index in [1.807, 2.05) is 6.92 Å². The van der Waals surface area contributed by atoms with Gasteiger partial charge in [0.05, 0.1) is 0 Å². The first-order valence-electron chi connectivity index (χ1n) is 5.40. The second-order valence-electron chi connectivity index (χ2n) is 3.90. The third-order valence-corrected chi connectivity index (χ3v) is 2.73. The van der Waals surface area contributed by atoms with Gasteiger partial charge >= 0.3 is 0 Å². The molecule has 5 heteroatoms. The lowest BCUT2D eigenvalue weighted by atomic mass is 10.1. The van der Waals surface area contributed by atoms with Crippen LogP contribution in [0.25, 0.3) is 0 Å². The van der Waals surface area contributed by atoms with E-state index in [0.29, 0.717) is 22.0 Å². The van der Waals surface area contributed by atoms with Crippen molar-refractivity contribution in [2.24, 2.45) is 0 Å². The van der Waals surface area contributed by atoms with Gasteiger partial charge in [0, 0.05) is 28.3 Å². The van der Waals surface area contributed by atoms with Gasteiger partial charge < -0.3 is 10.4 Å². The quantitative estimate of drug-likeness (QED) is 0.868. The molecule has 0 aliphatic rings. The first kappa shape index (κ1) is 14.3. The summed E-state index contributed by atoms with van der Waals surface area (Å²) in [7, 11) is 0. The summed E-state index contributed by atoms with van der Waals surface area (Å²) in [5, 5.41) is 12.4. The lowest BCUT2D eigenvalue weighted by Gasteiger charge is -2.13. The highest BCUT2D eigenvalue weighted by Gasteiger charge is 2.10. The molecule has 0 aromatic heterocycles. The zero-order chi connectivity index (χ0) is 12.8. The third kappa shape index (κ3) is 4.94. The Labute approximate surface area is 111 Å². The van der Waals surface area contributed by atoms with Crippen molar-refractivity contribution in [3.8, 4) is 0 Å². The number of benzene rings is 1. The minimum Gasteiger partial charge on any atom is -0.396 e. The predicted molar refractivity (Wildman–Crippen MR) is 69.7 cm³/mol. The summed E-state index contributed by atoms with van der Waals surface area (Å²) in [6, 6.07) is 4.73. The van der Waals surface area contributed by atoms with E-state index in [0.717, 1.165) is 6.42 Å². The van der Waals surface area contributed by atoms with E-state index in [1.54, 1.807) is 18.2 Å². The molecule has 0 fully saturated rings. The first-order valence-corrected chi connectivity index (χ1v) is 6.16. The fraction of sp³-hybridized carbons (Fsp3) is 0.417. The number of aliphatic hydroxyl groups excluding tert-OH is 1. The van der Waals surface area contributed by atoms with Gasteiger partial charge in [0.25, 0.3) is 5.91 Å². The van der Waals surface area contributed by atoms with Crippen LogP contribution in [-0.4, -0.2) is 23.7 Å². The number of nitrogens with one attached hydrogen (secondary N) is 1. The summed E-state index contributed by atoms with van der Waals surface area (Å²) in [6.45, 7) is 2.02. The molecule has 2 N–H and O–H groups in total. The van der Waals surface area contributed by atoms with Crippen LogP contribution in [0.5, 0.6) is 0 Å². The van der Waals surface area contributed by atoms with Crippen LogP contribution in [0, 0.1) is 0 Å². The Balaban J connectivity index is 2.63. The van der Waals surface area contributed by atoms with Crippen molar-refractivity contribution in [2.75, 3.05) is 6.61 Å². The van der Waals surface area contributed by atoms with Crippen LogP contribution >= 0.6 is 23.2 Å². The average Bonchev–Trinajstić information content (AvgIpc) is 2.25. The Morgan fingerprint density at radius 2 is 1.94 bits per heavy atom. The SMILES string of the molecule is CC(CCCO)NC(=O)c1cc(Cl)cc(Cl)c1. The van der Waals surface area contributed by atoms with Crippen LogP contribution in [0.1, 0.15) is 30.1 Å². The molecule has 1 unspecified atom stereocenters. The normalized spacial score (nSPS) is 12.2. The number of hydrogen-bond acceptors (Lipinski definition) is 2. The van der Waals surface area contributed by atoms with E-state index in [4.69, 9.17) is 28.3 Å². The largest absolute Gasteiger partial charge is 0.396 e. The van der Waals surface area contributed by atoms with E-state index < -0.39 is 0 Å². The van der Waals surface area contributed by atoms with Crippen LogP contribution in [0.15, 0.2) is 18.2 Å². The van der Waals surface area contributed by atoms with E-state index in [-0.39, 0.29) is 18.6 Å². The standard InChI is InChI=1S/C12H15Cl2NO2/c1-8(3-2-4-16)15-12(17)9-5-10(13)7-11(14)6-9/h5-8,16H,2-4H2,1H3,(H,15,17). The van der Waals surface area contributed by atoms with Gasteiger partial charge in [-0.15, -0.1) is 0 Å². The molecule has 1 aromatic rings. The van der Waals surface area contributed by atoms with Crippen molar-refractivity contribution in [2.45, 2.75) is 25.8 Å². The van der Waals surface area contributed by atoms with Crippen molar-refractivity contribution >= 4 is 29.1 Å². The maximum absolute atomic E-state index is 11.8. The molecule has 17 heavy (non-hydrogen) atoms. The van der Waals surface area contributed by atoms with Gasteiger partial charge in [-0.2, -0.15) is 0 Å². The van der Waals surface area contributed by atoms with Crippen LogP contribution in [-0.2, 0) is 0 Å². The molecule has 0 heterocycles. The number of aliphatic hydroxyl groups is 1.